The summed E-state index contributed by atoms with van der Waals surface area (Å²) >= 11 is 5.78. The minimum atomic E-state index is -0.346. The molecule has 1 rings (SSSR count). The smallest absolute Gasteiger partial charge is 0.199 e. The first-order valence-electron chi connectivity index (χ1n) is 5.97. The number of aliphatic hydroxyl groups excluding tert-OH is 1. The summed E-state index contributed by atoms with van der Waals surface area (Å²) in [5.74, 6) is 5.28. The average molecular weight is 274 g/mol. The number of aryl methyl sites for hydroxylation is 1. The summed E-state index contributed by atoms with van der Waals surface area (Å²) in [5, 5.41) is 10.7. The third-order valence-corrected chi connectivity index (χ3v) is 1.94. The van der Waals surface area contributed by atoms with Crippen molar-refractivity contribution in [2.75, 3.05) is 5.01 Å². The molecule has 0 atom stereocenters. The van der Waals surface area contributed by atoms with E-state index < -0.39 is 0 Å². The predicted molar refractivity (Wildman–Crippen MR) is 80.5 cm³/mol. The largest absolute Gasteiger partial charge is 0.494 e. The van der Waals surface area contributed by atoms with Crippen LogP contribution in [0.15, 0.2) is 30.3 Å². The van der Waals surface area contributed by atoms with E-state index >= 15 is 0 Å². The molecule has 0 bridgehead atoms. The van der Waals surface area contributed by atoms with Gasteiger partial charge in [-0.2, -0.15) is 0 Å². The molecule has 0 aliphatic rings. The first-order valence-corrected chi connectivity index (χ1v) is 6.35. The van der Waals surface area contributed by atoms with E-state index in [2.05, 4.69) is 0 Å². The normalized spacial score (nSPS) is 9.61. The molecule has 5 heteroatoms. The number of hydrazine groups is 1. The number of aliphatic hydroxyl groups is 1. The van der Waals surface area contributed by atoms with Crippen LogP contribution >= 0.6 is 11.6 Å². The van der Waals surface area contributed by atoms with Crippen LogP contribution in [0.4, 0.5) is 5.69 Å². The predicted octanol–water partition coefficient (Wildman–Crippen LogP) is 3.70. The van der Waals surface area contributed by atoms with Crippen LogP contribution in [0.5, 0.6) is 0 Å². The van der Waals surface area contributed by atoms with Gasteiger partial charge >= 0.3 is 0 Å². The van der Waals surface area contributed by atoms with E-state index in [1.807, 2.05) is 34.6 Å². The van der Waals surface area contributed by atoms with Crippen LogP contribution in [0.1, 0.15) is 33.3 Å². The van der Waals surface area contributed by atoms with Crippen molar-refractivity contribution in [1.82, 2.24) is 0 Å². The van der Waals surface area contributed by atoms with Crippen LogP contribution in [0, 0.1) is 6.92 Å². The number of anilines is 1. The molecule has 104 valence electrons. The third kappa shape index (κ3) is 7.04. The molecule has 0 fully saturated rings. The minimum Gasteiger partial charge on any atom is -0.494 e. The summed E-state index contributed by atoms with van der Waals surface area (Å²) in [6.45, 7) is 9.86. The van der Waals surface area contributed by atoms with E-state index in [0.717, 1.165) is 11.3 Å². The Hall–Kier alpha value is -1.39. The van der Waals surface area contributed by atoms with Crippen LogP contribution in [-0.4, -0.2) is 5.11 Å². The topological polar surface area (TPSA) is 75.5 Å². The van der Waals surface area contributed by atoms with Crippen molar-refractivity contribution in [3.05, 3.63) is 40.9 Å². The van der Waals surface area contributed by atoms with Crippen molar-refractivity contribution < 1.29 is 5.11 Å². The maximum absolute atomic E-state index is 8.82. The van der Waals surface area contributed by atoms with Crippen molar-refractivity contribution in [2.24, 2.45) is 11.6 Å². The van der Waals surface area contributed by atoms with Crippen molar-refractivity contribution in [2.45, 2.75) is 34.6 Å². The minimum absolute atomic E-state index is 0.346. The Kier molecular flexibility index (Phi) is 11.3. The number of hydrogen-bond acceptors (Lipinski definition) is 4. The Morgan fingerprint density at radius 2 is 1.78 bits per heavy atom. The van der Waals surface area contributed by atoms with Gasteiger partial charge in [0.2, 0.25) is 0 Å². The standard InChI is InChI=1S/C9H12ClN3O.2C2H6/c1-6-4-7(10)2-3-8(6)13(12)5-9(11)14;2*1-2/h2-5,14H,11-12H2,1H3;2*1-2H3/b9-5+;;. The van der Waals surface area contributed by atoms with Gasteiger partial charge in [-0.25, -0.2) is 5.84 Å². The molecule has 0 spiro atoms. The van der Waals surface area contributed by atoms with Gasteiger partial charge in [0.15, 0.2) is 5.88 Å². The van der Waals surface area contributed by atoms with E-state index in [1.54, 1.807) is 18.2 Å². The fourth-order valence-corrected chi connectivity index (χ4v) is 1.35. The van der Waals surface area contributed by atoms with E-state index in [0.29, 0.717) is 5.02 Å². The molecule has 0 unspecified atom stereocenters. The monoisotopic (exact) mass is 273 g/mol. The van der Waals surface area contributed by atoms with Crippen molar-refractivity contribution in [3.8, 4) is 0 Å². The van der Waals surface area contributed by atoms with Gasteiger partial charge in [0, 0.05) is 5.02 Å². The van der Waals surface area contributed by atoms with E-state index in [4.69, 9.17) is 28.3 Å². The molecule has 0 aliphatic heterocycles. The lowest BCUT2D eigenvalue weighted by Gasteiger charge is -2.16. The Morgan fingerprint density at radius 3 is 2.17 bits per heavy atom. The summed E-state index contributed by atoms with van der Waals surface area (Å²) in [7, 11) is 0. The van der Waals surface area contributed by atoms with Gasteiger partial charge in [0.25, 0.3) is 0 Å². The van der Waals surface area contributed by atoms with Crippen molar-refractivity contribution in [1.29, 1.82) is 0 Å². The molecule has 0 amide bonds. The number of benzene rings is 1. The highest BCUT2D eigenvalue weighted by Crippen LogP contribution is 2.21. The van der Waals surface area contributed by atoms with Gasteiger partial charge in [-0.3, -0.25) is 5.01 Å². The van der Waals surface area contributed by atoms with Crippen LogP contribution in [-0.2, 0) is 0 Å². The molecule has 0 radical (unpaired) electrons. The lowest BCUT2D eigenvalue weighted by atomic mass is 10.2. The molecule has 1 aromatic rings. The Bertz CT molecular complexity index is 363. The highest BCUT2D eigenvalue weighted by atomic mass is 35.5. The zero-order valence-electron chi connectivity index (χ0n) is 11.7. The van der Waals surface area contributed by atoms with Gasteiger partial charge in [-0.1, -0.05) is 39.3 Å². The van der Waals surface area contributed by atoms with E-state index in [-0.39, 0.29) is 5.88 Å². The molecular formula is C13H24ClN3O. The van der Waals surface area contributed by atoms with Gasteiger partial charge in [-0.05, 0) is 30.7 Å². The number of rotatable bonds is 2. The second-order valence-corrected chi connectivity index (χ2v) is 3.33. The zero-order chi connectivity index (χ0) is 14.7. The molecule has 18 heavy (non-hydrogen) atoms. The van der Waals surface area contributed by atoms with Crippen LogP contribution in [0.2, 0.25) is 5.02 Å². The van der Waals surface area contributed by atoms with Crippen LogP contribution in [0.25, 0.3) is 0 Å². The number of hydrogen-bond donors (Lipinski definition) is 3. The van der Waals surface area contributed by atoms with Gasteiger partial charge in [0.05, 0.1) is 11.9 Å². The Labute approximate surface area is 115 Å². The lowest BCUT2D eigenvalue weighted by Crippen LogP contribution is -2.26. The number of nitrogens with two attached hydrogens (primary N) is 2. The number of halogens is 1. The zero-order valence-corrected chi connectivity index (χ0v) is 12.5. The van der Waals surface area contributed by atoms with Gasteiger partial charge < -0.3 is 10.8 Å². The quantitative estimate of drug-likeness (QED) is 0.436. The summed E-state index contributed by atoms with van der Waals surface area (Å²) in [4.78, 5) is 0. The maximum atomic E-state index is 8.82. The highest BCUT2D eigenvalue weighted by Gasteiger charge is 2.03. The van der Waals surface area contributed by atoms with Crippen molar-refractivity contribution >= 4 is 17.3 Å². The first kappa shape index (κ1) is 19.0. The summed E-state index contributed by atoms with van der Waals surface area (Å²) in [6.07, 6.45) is 1.22. The Morgan fingerprint density at radius 1 is 1.28 bits per heavy atom. The third-order valence-electron chi connectivity index (χ3n) is 1.71. The molecule has 5 N–H and O–H groups in total. The van der Waals surface area contributed by atoms with E-state index in [1.165, 1.54) is 11.2 Å². The van der Waals surface area contributed by atoms with Crippen molar-refractivity contribution in [3.63, 3.8) is 0 Å². The Balaban J connectivity index is 0. The molecular weight excluding hydrogens is 250 g/mol. The second kappa shape index (κ2) is 10.7. The number of nitrogens with zero attached hydrogens (tertiary/aromatic N) is 1. The van der Waals surface area contributed by atoms with Crippen LogP contribution < -0.4 is 16.6 Å². The van der Waals surface area contributed by atoms with Gasteiger partial charge in [-0.15, -0.1) is 0 Å². The summed E-state index contributed by atoms with van der Waals surface area (Å²) in [6, 6.07) is 5.24. The molecule has 0 aromatic heterocycles. The fourth-order valence-electron chi connectivity index (χ4n) is 1.12. The molecule has 0 aliphatic carbocycles. The summed E-state index contributed by atoms with van der Waals surface area (Å²) < 4.78 is 0. The summed E-state index contributed by atoms with van der Waals surface area (Å²) in [5.41, 5.74) is 6.71. The maximum Gasteiger partial charge on any atom is 0.199 e. The molecule has 0 saturated heterocycles. The SMILES string of the molecule is CC.CC.Cc1cc(Cl)ccc1N(N)/C=C(\N)O. The molecule has 4 nitrogen and oxygen atoms in total. The van der Waals surface area contributed by atoms with E-state index in [9.17, 15) is 0 Å². The first-order chi connectivity index (χ1) is 8.50. The van der Waals surface area contributed by atoms with Crippen LogP contribution in [0.3, 0.4) is 0 Å². The fraction of sp³-hybridized carbons (Fsp3) is 0.385. The molecule has 0 heterocycles. The van der Waals surface area contributed by atoms with Gasteiger partial charge in [0.1, 0.15) is 0 Å². The molecule has 1 aromatic carbocycles. The lowest BCUT2D eigenvalue weighted by molar-refractivity contribution is 0.403. The highest BCUT2D eigenvalue weighted by molar-refractivity contribution is 6.30. The average Bonchev–Trinajstić information content (AvgIpc) is 2.33. The second-order valence-electron chi connectivity index (χ2n) is 2.89. The molecule has 0 saturated carbocycles.